The van der Waals surface area contributed by atoms with E-state index in [9.17, 15) is 0 Å². The Labute approximate surface area is 115 Å². The molecule has 0 amide bonds. The average Bonchev–Trinajstić information content (AvgIpc) is 2.88. The lowest BCUT2D eigenvalue weighted by atomic mass is 10.3. The first-order chi connectivity index (χ1) is 9.36. The number of hydrogen-bond acceptors (Lipinski definition) is 6. The Balaban J connectivity index is 2.24. The minimum absolute atomic E-state index is 0.171. The van der Waals surface area contributed by atoms with Gasteiger partial charge in [0.2, 0.25) is 5.16 Å². The zero-order valence-electron chi connectivity index (χ0n) is 10.7. The van der Waals surface area contributed by atoms with Gasteiger partial charge < -0.3 is 9.84 Å². The number of para-hydroxylation sites is 2. The number of thioether (sulfide) groups is 1. The third kappa shape index (κ3) is 3.45. The molecular formula is C12H16N4O2S. The molecule has 1 aromatic heterocycles. The molecule has 1 aromatic carbocycles. The summed E-state index contributed by atoms with van der Waals surface area (Å²) >= 11 is 1.51. The lowest BCUT2D eigenvalue weighted by molar-refractivity contribution is 0.296. The molecule has 0 bridgehead atoms. The highest BCUT2D eigenvalue weighted by Gasteiger charge is 2.12. The van der Waals surface area contributed by atoms with Gasteiger partial charge in [0.1, 0.15) is 11.4 Å². The molecule has 0 aliphatic rings. The van der Waals surface area contributed by atoms with Crippen molar-refractivity contribution in [3.05, 3.63) is 24.3 Å². The second-order valence-corrected chi connectivity index (χ2v) is 4.76. The summed E-state index contributed by atoms with van der Waals surface area (Å²) in [4.78, 5) is 0. The van der Waals surface area contributed by atoms with Crippen LogP contribution >= 0.6 is 11.8 Å². The molecule has 2 aromatic rings. The Kier molecular flexibility index (Phi) is 5.17. The van der Waals surface area contributed by atoms with Crippen LogP contribution in [0.2, 0.25) is 0 Å². The largest absolute Gasteiger partial charge is 0.492 e. The molecule has 0 radical (unpaired) electrons. The van der Waals surface area contributed by atoms with Gasteiger partial charge in [0.25, 0.3) is 0 Å². The molecule has 0 saturated carbocycles. The molecule has 1 N–H and O–H groups in total. The summed E-state index contributed by atoms with van der Waals surface area (Å²) in [5.41, 5.74) is 0.820. The molecule has 1 heterocycles. The van der Waals surface area contributed by atoms with Gasteiger partial charge in [-0.2, -0.15) is 4.68 Å². The molecule has 0 fully saturated rings. The van der Waals surface area contributed by atoms with Crippen molar-refractivity contribution in [3.63, 3.8) is 0 Å². The van der Waals surface area contributed by atoms with E-state index >= 15 is 0 Å². The van der Waals surface area contributed by atoms with Crippen LogP contribution in [-0.4, -0.2) is 44.3 Å². The molecule has 102 valence electrons. The van der Waals surface area contributed by atoms with E-state index in [4.69, 9.17) is 9.84 Å². The first-order valence-electron chi connectivity index (χ1n) is 6.11. The SMILES string of the molecule is CCOc1ccccc1-n1nnnc1SCCCO. The zero-order valence-corrected chi connectivity index (χ0v) is 11.5. The van der Waals surface area contributed by atoms with E-state index in [0.717, 1.165) is 17.2 Å². The Morgan fingerprint density at radius 3 is 3.00 bits per heavy atom. The van der Waals surface area contributed by atoms with Crippen LogP contribution in [-0.2, 0) is 0 Å². The fourth-order valence-corrected chi connectivity index (χ4v) is 2.37. The van der Waals surface area contributed by atoms with Gasteiger partial charge in [-0.25, -0.2) is 0 Å². The molecule has 0 aliphatic heterocycles. The number of aliphatic hydroxyl groups excluding tert-OH is 1. The van der Waals surface area contributed by atoms with E-state index < -0.39 is 0 Å². The van der Waals surface area contributed by atoms with Gasteiger partial charge in [-0.1, -0.05) is 23.9 Å². The molecule has 6 nitrogen and oxygen atoms in total. The van der Waals surface area contributed by atoms with Crippen molar-refractivity contribution in [2.24, 2.45) is 0 Å². The predicted octanol–water partition coefficient (Wildman–Crippen LogP) is 1.54. The van der Waals surface area contributed by atoms with Crippen molar-refractivity contribution in [2.45, 2.75) is 18.5 Å². The standard InChI is InChI=1S/C12H16N4O2S/c1-2-18-11-7-4-3-6-10(11)16-12(13-14-15-16)19-9-5-8-17/h3-4,6-7,17H,2,5,8-9H2,1H3. The maximum absolute atomic E-state index is 8.80. The van der Waals surface area contributed by atoms with Crippen molar-refractivity contribution >= 4 is 11.8 Å². The second-order valence-electron chi connectivity index (χ2n) is 3.70. The highest BCUT2D eigenvalue weighted by atomic mass is 32.2. The van der Waals surface area contributed by atoms with Gasteiger partial charge in [0, 0.05) is 12.4 Å². The van der Waals surface area contributed by atoms with Crippen molar-refractivity contribution in [3.8, 4) is 11.4 Å². The van der Waals surface area contributed by atoms with Crippen molar-refractivity contribution in [1.82, 2.24) is 20.2 Å². The molecule has 2 rings (SSSR count). The molecule has 0 unspecified atom stereocenters. The maximum atomic E-state index is 8.80. The summed E-state index contributed by atoms with van der Waals surface area (Å²) in [7, 11) is 0. The summed E-state index contributed by atoms with van der Waals surface area (Å²) in [6.07, 6.45) is 0.713. The van der Waals surface area contributed by atoms with Crippen LogP contribution in [0.15, 0.2) is 29.4 Å². The Morgan fingerprint density at radius 2 is 2.21 bits per heavy atom. The number of hydrogen-bond donors (Lipinski definition) is 1. The number of aliphatic hydroxyl groups is 1. The van der Waals surface area contributed by atoms with E-state index in [-0.39, 0.29) is 6.61 Å². The fraction of sp³-hybridized carbons (Fsp3) is 0.417. The second kappa shape index (κ2) is 7.10. The third-order valence-electron chi connectivity index (χ3n) is 2.37. The molecule has 0 atom stereocenters. The summed E-state index contributed by atoms with van der Waals surface area (Å²) in [5.74, 6) is 1.52. The van der Waals surface area contributed by atoms with Gasteiger partial charge in [0.05, 0.1) is 6.61 Å². The van der Waals surface area contributed by atoms with Gasteiger partial charge in [0.15, 0.2) is 0 Å². The average molecular weight is 280 g/mol. The number of nitrogens with zero attached hydrogens (tertiary/aromatic N) is 4. The molecule has 7 heteroatoms. The van der Waals surface area contributed by atoms with E-state index in [1.807, 2.05) is 31.2 Å². The topological polar surface area (TPSA) is 73.1 Å². The van der Waals surface area contributed by atoms with Gasteiger partial charge in [-0.05, 0) is 35.9 Å². The predicted molar refractivity (Wildman–Crippen MR) is 72.7 cm³/mol. The maximum Gasteiger partial charge on any atom is 0.214 e. The fourth-order valence-electron chi connectivity index (χ4n) is 1.56. The Bertz CT molecular complexity index is 518. The van der Waals surface area contributed by atoms with Crippen LogP contribution in [0, 0.1) is 0 Å². The number of aromatic nitrogens is 4. The van der Waals surface area contributed by atoms with Crippen LogP contribution in [0.1, 0.15) is 13.3 Å². The van der Waals surface area contributed by atoms with Crippen molar-refractivity contribution < 1.29 is 9.84 Å². The zero-order chi connectivity index (χ0) is 13.5. The minimum atomic E-state index is 0.171. The van der Waals surface area contributed by atoms with Gasteiger partial charge >= 0.3 is 0 Å². The van der Waals surface area contributed by atoms with E-state index in [1.165, 1.54) is 11.8 Å². The van der Waals surface area contributed by atoms with Crippen LogP contribution in [0.4, 0.5) is 0 Å². The van der Waals surface area contributed by atoms with Crippen LogP contribution in [0.5, 0.6) is 5.75 Å². The van der Waals surface area contributed by atoms with Crippen LogP contribution < -0.4 is 4.74 Å². The lowest BCUT2D eigenvalue weighted by Gasteiger charge is -2.10. The normalized spacial score (nSPS) is 10.6. The highest BCUT2D eigenvalue weighted by molar-refractivity contribution is 7.99. The first-order valence-corrected chi connectivity index (χ1v) is 7.09. The first kappa shape index (κ1) is 13.8. The highest BCUT2D eigenvalue weighted by Crippen LogP contribution is 2.25. The van der Waals surface area contributed by atoms with Gasteiger partial charge in [-0.3, -0.25) is 0 Å². The quantitative estimate of drug-likeness (QED) is 0.612. The molecule has 0 spiro atoms. The lowest BCUT2D eigenvalue weighted by Crippen LogP contribution is -2.03. The smallest absolute Gasteiger partial charge is 0.214 e. The van der Waals surface area contributed by atoms with Crippen LogP contribution in [0.25, 0.3) is 5.69 Å². The molecule has 0 aliphatic carbocycles. The molecular weight excluding hydrogens is 264 g/mol. The van der Waals surface area contributed by atoms with E-state index in [0.29, 0.717) is 18.2 Å². The molecule has 19 heavy (non-hydrogen) atoms. The number of ether oxygens (including phenoxy) is 1. The number of rotatable bonds is 7. The monoisotopic (exact) mass is 280 g/mol. The van der Waals surface area contributed by atoms with E-state index in [1.54, 1.807) is 4.68 Å². The number of benzene rings is 1. The number of tetrazole rings is 1. The Morgan fingerprint density at radius 1 is 1.37 bits per heavy atom. The van der Waals surface area contributed by atoms with Gasteiger partial charge in [-0.15, -0.1) is 5.10 Å². The summed E-state index contributed by atoms with van der Waals surface area (Å²) in [5, 5.41) is 21.2. The summed E-state index contributed by atoms with van der Waals surface area (Å²) in [6.45, 7) is 2.70. The summed E-state index contributed by atoms with van der Waals surface area (Å²) < 4.78 is 7.24. The van der Waals surface area contributed by atoms with E-state index in [2.05, 4.69) is 15.5 Å². The summed E-state index contributed by atoms with van der Waals surface area (Å²) in [6, 6.07) is 7.64. The Hall–Kier alpha value is -1.60. The van der Waals surface area contributed by atoms with Crippen molar-refractivity contribution in [2.75, 3.05) is 19.0 Å². The van der Waals surface area contributed by atoms with Crippen LogP contribution in [0.3, 0.4) is 0 Å². The van der Waals surface area contributed by atoms with Crippen molar-refractivity contribution in [1.29, 1.82) is 0 Å². The third-order valence-corrected chi connectivity index (χ3v) is 3.37. The molecule has 0 saturated heterocycles. The minimum Gasteiger partial charge on any atom is -0.492 e.